The van der Waals surface area contributed by atoms with Crippen LogP contribution >= 0.6 is 0 Å². The fraction of sp³-hybridized carbons (Fsp3) is 0.556. The number of piperidine rings is 1. The summed E-state index contributed by atoms with van der Waals surface area (Å²) >= 11 is 0. The summed E-state index contributed by atoms with van der Waals surface area (Å²) in [6.07, 6.45) is 8.81. The van der Waals surface area contributed by atoms with Crippen molar-refractivity contribution >= 4 is 0 Å². The van der Waals surface area contributed by atoms with Gasteiger partial charge in [0.2, 0.25) is 0 Å². The summed E-state index contributed by atoms with van der Waals surface area (Å²) in [7, 11) is 0. The van der Waals surface area contributed by atoms with Crippen molar-refractivity contribution in [2.75, 3.05) is 13.1 Å². The van der Waals surface area contributed by atoms with E-state index in [1.807, 2.05) is 6.08 Å². The largest absolute Gasteiger partial charge is 0.389 e. The van der Waals surface area contributed by atoms with E-state index < -0.39 is 0 Å². The van der Waals surface area contributed by atoms with E-state index in [-0.39, 0.29) is 6.10 Å². The lowest BCUT2D eigenvalue weighted by Crippen LogP contribution is -2.36. The Labute approximate surface area is 122 Å². The van der Waals surface area contributed by atoms with Crippen LogP contribution < -0.4 is 0 Å². The van der Waals surface area contributed by atoms with Crippen molar-refractivity contribution < 1.29 is 5.11 Å². The minimum absolute atomic E-state index is 0.190. The van der Waals surface area contributed by atoms with Gasteiger partial charge < -0.3 is 5.11 Å². The second-order valence-electron chi connectivity index (χ2n) is 6.29. The molecule has 1 aromatic carbocycles. The maximum absolute atomic E-state index is 9.54. The van der Waals surface area contributed by atoms with Crippen molar-refractivity contribution in [3.05, 3.63) is 48.0 Å². The molecule has 2 nitrogen and oxygen atoms in total. The molecule has 20 heavy (non-hydrogen) atoms. The maximum Gasteiger partial charge on any atom is 0.0721 e. The minimum atomic E-state index is -0.190. The molecular formula is C18H25NO. The van der Waals surface area contributed by atoms with E-state index in [2.05, 4.69) is 41.3 Å². The average molecular weight is 271 g/mol. The predicted molar refractivity (Wildman–Crippen MR) is 82.3 cm³/mol. The van der Waals surface area contributed by atoms with Gasteiger partial charge in [-0.05, 0) is 56.2 Å². The second-order valence-corrected chi connectivity index (χ2v) is 6.29. The summed E-state index contributed by atoms with van der Waals surface area (Å²) in [6.45, 7) is 3.52. The summed E-state index contributed by atoms with van der Waals surface area (Å²) in [5.74, 6) is 1.53. The van der Waals surface area contributed by atoms with Crippen molar-refractivity contribution in [1.29, 1.82) is 0 Å². The summed E-state index contributed by atoms with van der Waals surface area (Å²) < 4.78 is 0. The van der Waals surface area contributed by atoms with Crippen LogP contribution in [0, 0.1) is 11.8 Å². The molecule has 1 aliphatic heterocycles. The zero-order valence-electron chi connectivity index (χ0n) is 12.1. The van der Waals surface area contributed by atoms with Crippen LogP contribution in [0.3, 0.4) is 0 Å². The lowest BCUT2D eigenvalue weighted by molar-refractivity contribution is 0.133. The Kier molecular flexibility index (Phi) is 4.54. The standard InChI is InChI=1S/C18H25NO/c20-18-8-6-16(7-9-18)17-10-12-19(13-11-17)14-15-4-2-1-3-5-15/h1-6,8,16-18,20H,7,9-14H2. The monoisotopic (exact) mass is 271 g/mol. The van der Waals surface area contributed by atoms with Crippen LogP contribution in [0.2, 0.25) is 0 Å². The van der Waals surface area contributed by atoms with Crippen molar-refractivity contribution in [3.63, 3.8) is 0 Å². The van der Waals surface area contributed by atoms with Crippen molar-refractivity contribution in [2.45, 2.75) is 38.3 Å². The van der Waals surface area contributed by atoms with Gasteiger partial charge in [-0.3, -0.25) is 4.90 Å². The van der Waals surface area contributed by atoms with Gasteiger partial charge in [0, 0.05) is 6.54 Å². The number of hydrogen-bond donors (Lipinski definition) is 1. The molecule has 1 N–H and O–H groups in total. The first-order valence-electron chi connectivity index (χ1n) is 7.94. The molecule has 1 heterocycles. The molecule has 0 radical (unpaired) electrons. The number of rotatable bonds is 3. The summed E-state index contributed by atoms with van der Waals surface area (Å²) in [4.78, 5) is 2.58. The Morgan fingerprint density at radius 2 is 1.70 bits per heavy atom. The second kappa shape index (κ2) is 6.55. The third kappa shape index (κ3) is 3.50. The molecule has 2 atom stereocenters. The first kappa shape index (κ1) is 13.8. The highest BCUT2D eigenvalue weighted by Crippen LogP contribution is 2.32. The van der Waals surface area contributed by atoms with Crippen molar-refractivity contribution in [3.8, 4) is 0 Å². The van der Waals surface area contributed by atoms with Gasteiger partial charge in [-0.15, -0.1) is 0 Å². The van der Waals surface area contributed by atoms with E-state index in [9.17, 15) is 5.11 Å². The normalized spacial score (nSPS) is 28.6. The van der Waals surface area contributed by atoms with Crippen molar-refractivity contribution in [2.24, 2.45) is 11.8 Å². The molecule has 2 aliphatic rings. The first-order valence-corrected chi connectivity index (χ1v) is 7.94. The molecule has 108 valence electrons. The molecule has 0 aromatic heterocycles. The third-order valence-electron chi connectivity index (χ3n) is 4.86. The number of benzene rings is 1. The van der Waals surface area contributed by atoms with Crippen LogP contribution in [0.5, 0.6) is 0 Å². The Bertz CT molecular complexity index is 434. The number of allylic oxidation sites excluding steroid dienone is 1. The maximum atomic E-state index is 9.54. The predicted octanol–water partition coefficient (Wildman–Crippen LogP) is 3.23. The van der Waals surface area contributed by atoms with Crippen LogP contribution in [0.15, 0.2) is 42.5 Å². The van der Waals surface area contributed by atoms with E-state index in [4.69, 9.17) is 0 Å². The topological polar surface area (TPSA) is 23.5 Å². The van der Waals surface area contributed by atoms with Gasteiger partial charge in [-0.25, -0.2) is 0 Å². The van der Waals surface area contributed by atoms with Gasteiger partial charge in [0.1, 0.15) is 0 Å². The van der Waals surface area contributed by atoms with E-state index in [0.29, 0.717) is 5.92 Å². The SMILES string of the molecule is OC1C=CC(C2CCN(Cc3ccccc3)CC2)CC1. The number of nitrogens with zero attached hydrogens (tertiary/aromatic N) is 1. The molecular weight excluding hydrogens is 246 g/mol. The van der Waals surface area contributed by atoms with Crippen LogP contribution in [0.4, 0.5) is 0 Å². The molecule has 3 rings (SSSR count). The van der Waals surface area contributed by atoms with Gasteiger partial charge in [0.05, 0.1) is 6.10 Å². The van der Waals surface area contributed by atoms with Gasteiger partial charge >= 0.3 is 0 Å². The zero-order chi connectivity index (χ0) is 13.8. The molecule has 1 aliphatic carbocycles. The van der Waals surface area contributed by atoms with Gasteiger partial charge in [0.15, 0.2) is 0 Å². The summed E-state index contributed by atoms with van der Waals surface area (Å²) in [5, 5.41) is 9.54. The van der Waals surface area contributed by atoms with Gasteiger partial charge in [0.25, 0.3) is 0 Å². The van der Waals surface area contributed by atoms with Crippen LogP contribution in [0.1, 0.15) is 31.2 Å². The lowest BCUT2D eigenvalue weighted by Gasteiger charge is -2.36. The van der Waals surface area contributed by atoms with E-state index in [1.165, 1.54) is 37.9 Å². The number of aliphatic hydroxyl groups is 1. The number of aliphatic hydroxyl groups excluding tert-OH is 1. The molecule has 0 saturated carbocycles. The summed E-state index contributed by atoms with van der Waals surface area (Å²) in [5.41, 5.74) is 1.42. The quantitative estimate of drug-likeness (QED) is 0.853. The van der Waals surface area contributed by atoms with Crippen LogP contribution in [-0.4, -0.2) is 29.2 Å². The van der Waals surface area contributed by atoms with Gasteiger partial charge in [-0.1, -0.05) is 42.5 Å². The minimum Gasteiger partial charge on any atom is -0.389 e. The highest BCUT2D eigenvalue weighted by atomic mass is 16.3. The Morgan fingerprint density at radius 1 is 0.950 bits per heavy atom. The average Bonchev–Trinajstić information content (AvgIpc) is 2.50. The fourth-order valence-electron chi connectivity index (χ4n) is 3.60. The lowest BCUT2D eigenvalue weighted by atomic mass is 9.78. The molecule has 0 amide bonds. The molecule has 0 spiro atoms. The fourth-order valence-corrected chi connectivity index (χ4v) is 3.60. The Morgan fingerprint density at radius 3 is 2.35 bits per heavy atom. The van der Waals surface area contributed by atoms with Crippen LogP contribution in [0.25, 0.3) is 0 Å². The van der Waals surface area contributed by atoms with E-state index in [1.54, 1.807) is 0 Å². The highest BCUT2D eigenvalue weighted by Gasteiger charge is 2.26. The van der Waals surface area contributed by atoms with Crippen molar-refractivity contribution in [1.82, 2.24) is 4.90 Å². The highest BCUT2D eigenvalue weighted by molar-refractivity contribution is 5.14. The molecule has 2 unspecified atom stereocenters. The number of hydrogen-bond acceptors (Lipinski definition) is 2. The Hall–Kier alpha value is -1.12. The first-order chi connectivity index (χ1) is 9.81. The van der Waals surface area contributed by atoms with Crippen LogP contribution in [-0.2, 0) is 6.54 Å². The van der Waals surface area contributed by atoms with Gasteiger partial charge in [-0.2, -0.15) is 0 Å². The molecule has 1 fully saturated rings. The molecule has 1 aromatic rings. The number of likely N-dealkylation sites (tertiary alicyclic amines) is 1. The molecule has 2 heteroatoms. The summed E-state index contributed by atoms with van der Waals surface area (Å²) in [6, 6.07) is 10.8. The third-order valence-corrected chi connectivity index (χ3v) is 4.86. The van der Waals surface area contributed by atoms with E-state index in [0.717, 1.165) is 18.9 Å². The zero-order valence-corrected chi connectivity index (χ0v) is 12.1. The smallest absolute Gasteiger partial charge is 0.0721 e. The molecule has 1 saturated heterocycles. The Balaban J connectivity index is 1.49. The van der Waals surface area contributed by atoms with E-state index >= 15 is 0 Å². The molecule has 0 bridgehead atoms.